The Morgan fingerprint density at radius 1 is 1.07 bits per heavy atom. The Kier molecular flexibility index (Phi) is 6.66. The summed E-state index contributed by atoms with van der Waals surface area (Å²) < 4.78 is 13.4. The van der Waals surface area contributed by atoms with Crippen LogP contribution >= 0.6 is 23.2 Å². The molecule has 144 valence electrons. The molecule has 3 rings (SSSR count). The largest absolute Gasteiger partial charge is 0.321 e. The highest BCUT2D eigenvalue weighted by Gasteiger charge is 2.11. The first kappa shape index (κ1) is 20.6. The number of amides is 1. The van der Waals surface area contributed by atoms with E-state index in [9.17, 15) is 14.4 Å². The lowest BCUT2D eigenvalue weighted by molar-refractivity contribution is -0.112. The van der Waals surface area contributed by atoms with Crippen LogP contribution in [0.2, 0.25) is 10.0 Å². The third-order valence-corrected chi connectivity index (χ3v) is 4.74. The van der Waals surface area contributed by atoms with E-state index in [1.54, 1.807) is 48.5 Å². The molecule has 0 aliphatic carbocycles. The van der Waals surface area contributed by atoms with Gasteiger partial charge in [-0.15, -0.1) is 0 Å². The van der Waals surface area contributed by atoms with Crippen LogP contribution in [-0.4, -0.2) is 5.91 Å². The van der Waals surface area contributed by atoms with Gasteiger partial charge in [0.15, 0.2) is 0 Å². The number of nitrogens with zero attached hydrogens (tertiary/aromatic N) is 1. The molecule has 0 spiro atoms. The standard InChI is InChI=1S/C23H15Cl2FN2O/c24-19-6-8-21(9-7-19)28-23(29)18(14-27)11-16-4-5-17(22(25)13-16)10-15-2-1-3-20(26)12-15/h1-9,11-13H,10H2,(H,28,29)/b18-11+. The molecule has 0 heterocycles. The normalized spacial score (nSPS) is 11.0. The van der Waals surface area contributed by atoms with Crippen LogP contribution in [0.5, 0.6) is 0 Å². The van der Waals surface area contributed by atoms with E-state index < -0.39 is 5.91 Å². The van der Waals surface area contributed by atoms with Crippen LogP contribution in [-0.2, 0) is 11.2 Å². The van der Waals surface area contributed by atoms with Crippen molar-refractivity contribution in [2.24, 2.45) is 0 Å². The predicted octanol–water partition coefficient (Wildman–Crippen LogP) is 6.27. The number of carbonyl (C=O) groups excluding carboxylic acids is 1. The van der Waals surface area contributed by atoms with Gasteiger partial charge in [0, 0.05) is 15.7 Å². The summed E-state index contributed by atoms with van der Waals surface area (Å²) in [5, 5.41) is 13.0. The maximum Gasteiger partial charge on any atom is 0.266 e. The molecule has 0 bridgehead atoms. The molecular formula is C23H15Cl2FN2O. The van der Waals surface area contributed by atoms with Crippen LogP contribution in [0.3, 0.4) is 0 Å². The summed E-state index contributed by atoms with van der Waals surface area (Å²) in [6, 6.07) is 20.0. The first-order valence-corrected chi connectivity index (χ1v) is 9.42. The second-order valence-electron chi connectivity index (χ2n) is 6.29. The van der Waals surface area contributed by atoms with E-state index in [0.29, 0.717) is 27.7 Å². The lowest BCUT2D eigenvalue weighted by Gasteiger charge is -2.07. The summed E-state index contributed by atoms with van der Waals surface area (Å²) in [5.41, 5.74) is 2.70. The summed E-state index contributed by atoms with van der Waals surface area (Å²) in [5.74, 6) is -0.835. The Hall–Kier alpha value is -3.13. The molecule has 0 saturated carbocycles. The molecule has 29 heavy (non-hydrogen) atoms. The highest BCUT2D eigenvalue weighted by Crippen LogP contribution is 2.23. The molecule has 0 atom stereocenters. The van der Waals surface area contributed by atoms with Gasteiger partial charge in [-0.05, 0) is 71.7 Å². The minimum Gasteiger partial charge on any atom is -0.321 e. The molecule has 3 aromatic rings. The SMILES string of the molecule is N#C/C(=C\c1ccc(Cc2cccc(F)c2)c(Cl)c1)C(=O)Nc1ccc(Cl)cc1. The van der Waals surface area contributed by atoms with Crippen molar-refractivity contribution in [1.82, 2.24) is 0 Å². The number of anilines is 1. The maximum atomic E-state index is 13.4. The van der Waals surface area contributed by atoms with Crippen LogP contribution in [0.25, 0.3) is 6.08 Å². The van der Waals surface area contributed by atoms with Crippen LogP contribution in [0.1, 0.15) is 16.7 Å². The molecule has 1 amide bonds. The Morgan fingerprint density at radius 2 is 1.83 bits per heavy atom. The van der Waals surface area contributed by atoms with E-state index in [-0.39, 0.29) is 11.4 Å². The zero-order valence-corrected chi connectivity index (χ0v) is 16.6. The lowest BCUT2D eigenvalue weighted by atomic mass is 10.0. The Labute approximate surface area is 178 Å². The van der Waals surface area contributed by atoms with Gasteiger partial charge in [-0.1, -0.05) is 47.5 Å². The summed E-state index contributed by atoms with van der Waals surface area (Å²) in [6.45, 7) is 0. The molecule has 0 aliphatic heterocycles. The van der Waals surface area contributed by atoms with Gasteiger partial charge in [0.1, 0.15) is 17.5 Å². The number of carbonyl (C=O) groups is 1. The molecule has 0 radical (unpaired) electrons. The van der Waals surface area contributed by atoms with E-state index in [1.807, 2.05) is 12.1 Å². The third-order valence-electron chi connectivity index (χ3n) is 4.14. The fourth-order valence-electron chi connectivity index (χ4n) is 2.71. The first-order valence-electron chi connectivity index (χ1n) is 8.66. The average Bonchev–Trinajstić information content (AvgIpc) is 2.70. The number of nitriles is 1. The van der Waals surface area contributed by atoms with Gasteiger partial charge >= 0.3 is 0 Å². The minimum atomic E-state index is -0.533. The lowest BCUT2D eigenvalue weighted by Crippen LogP contribution is -2.13. The number of hydrogen-bond donors (Lipinski definition) is 1. The zero-order valence-electron chi connectivity index (χ0n) is 15.1. The molecule has 1 N–H and O–H groups in total. The molecule has 3 nitrogen and oxygen atoms in total. The van der Waals surface area contributed by atoms with Crippen molar-refractivity contribution in [3.63, 3.8) is 0 Å². The Morgan fingerprint density at radius 3 is 2.48 bits per heavy atom. The molecule has 6 heteroatoms. The molecule has 0 unspecified atom stereocenters. The smallest absolute Gasteiger partial charge is 0.266 e. The van der Waals surface area contributed by atoms with Crippen molar-refractivity contribution < 1.29 is 9.18 Å². The highest BCUT2D eigenvalue weighted by molar-refractivity contribution is 6.31. The zero-order chi connectivity index (χ0) is 20.8. The summed E-state index contributed by atoms with van der Waals surface area (Å²) in [4.78, 5) is 12.4. The van der Waals surface area contributed by atoms with E-state index >= 15 is 0 Å². The number of hydrogen-bond acceptors (Lipinski definition) is 2. The van der Waals surface area contributed by atoms with Crippen molar-refractivity contribution in [3.05, 3.63) is 105 Å². The van der Waals surface area contributed by atoms with Crippen LogP contribution in [0.4, 0.5) is 10.1 Å². The van der Waals surface area contributed by atoms with E-state index in [0.717, 1.165) is 11.1 Å². The van der Waals surface area contributed by atoms with Gasteiger partial charge in [-0.3, -0.25) is 4.79 Å². The van der Waals surface area contributed by atoms with Gasteiger partial charge < -0.3 is 5.32 Å². The number of halogens is 3. The van der Waals surface area contributed by atoms with Gasteiger partial charge in [0.25, 0.3) is 5.91 Å². The molecular weight excluding hydrogens is 410 g/mol. The van der Waals surface area contributed by atoms with E-state index in [4.69, 9.17) is 23.2 Å². The van der Waals surface area contributed by atoms with Crippen LogP contribution < -0.4 is 5.32 Å². The monoisotopic (exact) mass is 424 g/mol. The molecule has 0 saturated heterocycles. The van der Waals surface area contributed by atoms with Crippen molar-refractivity contribution in [3.8, 4) is 6.07 Å². The minimum absolute atomic E-state index is 0.0612. The second kappa shape index (κ2) is 9.38. The molecule has 0 fully saturated rings. The molecule has 3 aromatic carbocycles. The van der Waals surface area contributed by atoms with Gasteiger partial charge in [0.05, 0.1) is 0 Å². The van der Waals surface area contributed by atoms with Gasteiger partial charge in [0.2, 0.25) is 0 Å². The summed E-state index contributed by atoms with van der Waals surface area (Å²) >= 11 is 12.2. The number of benzene rings is 3. The van der Waals surface area contributed by atoms with Crippen molar-refractivity contribution in [2.45, 2.75) is 6.42 Å². The van der Waals surface area contributed by atoms with E-state index in [1.165, 1.54) is 18.2 Å². The highest BCUT2D eigenvalue weighted by atomic mass is 35.5. The van der Waals surface area contributed by atoms with Crippen molar-refractivity contribution in [1.29, 1.82) is 5.26 Å². The van der Waals surface area contributed by atoms with E-state index in [2.05, 4.69) is 5.32 Å². The Bertz CT molecular complexity index is 1120. The number of rotatable bonds is 5. The maximum absolute atomic E-state index is 13.4. The molecule has 0 aliphatic rings. The fraction of sp³-hybridized carbons (Fsp3) is 0.0435. The third kappa shape index (κ3) is 5.68. The predicted molar refractivity (Wildman–Crippen MR) is 114 cm³/mol. The van der Waals surface area contributed by atoms with Crippen molar-refractivity contribution >= 4 is 40.9 Å². The fourth-order valence-corrected chi connectivity index (χ4v) is 3.09. The topological polar surface area (TPSA) is 52.9 Å². The van der Waals surface area contributed by atoms with Crippen LogP contribution in [0, 0.1) is 17.1 Å². The van der Waals surface area contributed by atoms with Gasteiger partial charge in [-0.25, -0.2) is 4.39 Å². The molecule has 0 aromatic heterocycles. The average molecular weight is 425 g/mol. The second-order valence-corrected chi connectivity index (χ2v) is 7.13. The summed E-state index contributed by atoms with van der Waals surface area (Å²) in [6.07, 6.45) is 1.94. The Balaban J connectivity index is 1.77. The van der Waals surface area contributed by atoms with Gasteiger partial charge in [-0.2, -0.15) is 5.26 Å². The quantitative estimate of drug-likeness (QED) is 0.387. The summed E-state index contributed by atoms with van der Waals surface area (Å²) in [7, 11) is 0. The van der Waals surface area contributed by atoms with Crippen LogP contribution in [0.15, 0.2) is 72.3 Å². The van der Waals surface area contributed by atoms with Crippen molar-refractivity contribution in [2.75, 3.05) is 5.32 Å². The first-order chi connectivity index (χ1) is 13.9. The number of nitrogens with one attached hydrogen (secondary N) is 1.